The first-order valence-electron chi connectivity index (χ1n) is 4.06. The Kier molecular flexibility index (Phi) is 2.49. The van der Waals surface area contributed by atoms with Crippen LogP contribution in [0.25, 0.3) is 0 Å². The van der Waals surface area contributed by atoms with Gasteiger partial charge >= 0.3 is 0 Å². The van der Waals surface area contributed by atoms with Gasteiger partial charge in [-0.1, -0.05) is 13.8 Å². The van der Waals surface area contributed by atoms with Gasteiger partial charge in [0.15, 0.2) is 0 Å². The van der Waals surface area contributed by atoms with E-state index in [1.54, 1.807) is 0 Å². The minimum absolute atomic E-state index is 0.0645. The molecule has 1 aliphatic rings. The molecule has 0 aromatic carbocycles. The van der Waals surface area contributed by atoms with Gasteiger partial charge in [0, 0.05) is 18.9 Å². The standard InChI is InChI=1S/C8H15NO2/c1-5(2)8(11)6-3-7(10)9-4-6/h5-6,8,11H,3-4H2,1-2H3,(H,9,10). The molecule has 0 aliphatic carbocycles. The SMILES string of the molecule is CC(C)C(O)C1CNC(=O)C1. The maximum atomic E-state index is 10.8. The lowest BCUT2D eigenvalue weighted by atomic mass is 9.93. The van der Waals surface area contributed by atoms with Crippen molar-refractivity contribution in [2.45, 2.75) is 26.4 Å². The number of carbonyl (C=O) groups is 1. The first kappa shape index (κ1) is 8.53. The van der Waals surface area contributed by atoms with Gasteiger partial charge in [0.05, 0.1) is 6.10 Å². The van der Waals surface area contributed by atoms with Crippen LogP contribution in [-0.2, 0) is 4.79 Å². The van der Waals surface area contributed by atoms with Crippen LogP contribution in [0.5, 0.6) is 0 Å². The van der Waals surface area contributed by atoms with Gasteiger partial charge in [0.1, 0.15) is 0 Å². The molecule has 1 amide bonds. The molecule has 3 heteroatoms. The fraction of sp³-hybridized carbons (Fsp3) is 0.875. The molecule has 0 spiro atoms. The van der Waals surface area contributed by atoms with Gasteiger partial charge in [0.2, 0.25) is 5.91 Å². The summed E-state index contributed by atoms with van der Waals surface area (Å²) in [6, 6.07) is 0. The highest BCUT2D eigenvalue weighted by atomic mass is 16.3. The first-order valence-corrected chi connectivity index (χ1v) is 4.06. The molecule has 64 valence electrons. The second kappa shape index (κ2) is 3.22. The van der Waals surface area contributed by atoms with Crippen LogP contribution in [0.15, 0.2) is 0 Å². The van der Waals surface area contributed by atoms with E-state index in [9.17, 15) is 9.90 Å². The van der Waals surface area contributed by atoms with Crippen molar-refractivity contribution in [3.8, 4) is 0 Å². The van der Waals surface area contributed by atoms with Crippen LogP contribution in [0.4, 0.5) is 0 Å². The molecule has 3 nitrogen and oxygen atoms in total. The normalized spacial score (nSPS) is 27.3. The number of hydrogen-bond acceptors (Lipinski definition) is 2. The molecule has 1 heterocycles. The number of rotatable bonds is 2. The van der Waals surface area contributed by atoms with Gasteiger partial charge in [-0.15, -0.1) is 0 Å². The summed E-state index contributed by atoms with van der Waals surface area (Å²) in [5, 5.41) is 12.3. The zero-order valence-corrected chi connectivity index (χ0v) is 7.00. The summed E-state index contributed by atoms with van der Waals surface area (Å²) in [6.07, 6.45) is 0.147. The van der Waals surface area contributed by atoms with E-state index in [2.05, 4.69) is 5.32 Å². The number of aliphatic hydroxyl groups is 1. The Hall–Kier alpha value is -0.570. The average molecular weight is 157 g/mol. The Labute approximate surface area is 66.8 Å². The van der Waals surface area contributed by atoms with Crippen molar-refractivity contribution in [3.63, 3.8) is 0 Å². The van der Waals surface area contributed by atoms with Crippen LogP contribution < -0.4 is 5.32 Å². The summed E-state index contributed by atoms with van der Waals surface area (Å²) in [6.45, 7) is 4.57. The van der Waals surface area contributed by atoms with E-state index < -0.39 is 0 Å². The molecule has 1 rings (SSSR count). The summed E-state index contributed by atoms with van der Waals surface area (Å²) in [4.78, 5) is 10.8. The summed E-state index contributed by atoms with van der Waals surface area (Å²) < 4.78 is 0. The van der Waals surface area contributed by atoms with Gasteiger partial charge in [-0.05, 0) is 5.92 Å². The number of hydrogen-bond donors (Lipinski definition) is 2. The first-order chi connectivity index (χ1) is 5.11. The third-order valence-corrected chi connectivity index (χ3v) is 2.18. The summed E-state index contributed by atoms with van der Waals surface area (Å²) in [7, 11) is 0. The molecule has 2 unspecified atom stereocenters. The van der Waals surface area contributed by atoms with E-state index in [1.165, 1.54) is 0 Å². The van der Waals surface area contributed by atoms with Crippen LogP contribution >= 0.6 is 0 Å². The lowest BCUT2D eigenvalue weighted by molar-refractivity contribution is -0.119. The van der Waals surface area contributed by atoms with Crippen molar-refractivity contribution in [2.24, 2.45) is 11.8 Å². The molecule has 1 aliphatic heterocycles. The van der Waals surface area contributed by atoms with Crippen LogP contribution in [-0.4, -0.2) is 23.7 Å². The Morgan fingerprint density at radius 3 is 2.64 bits per heavy atom. The van der Waals surface area contributed by atoms with Crippen molar-refractivity contribution >= 4 is 5.91 Å². The molecule has 0 aromatic heterocycles. The van der Waals surface area contributed by atoms with Gasteiger partial charge < -0.3 is 10.4 Å². The maximum Gasteiger partial charge on any atom is 0.220 e. The Balaban J connectivity index is 2.43. The quantitative estimate of drug-likeness (QED) is 0.599. The summed E-state index contributed by atoms with van der Waals surface area (Å²) >= 11 is 0. The largest absolute Gasteiger partial charge is 0.392 e. The second-order valence-corrected chi connectivity index (χ2v) is 3.50. The third kappa shape index (κ3) is 1.93. The molecule has 0 aromatic rings. The molecule has 11 heavy (non-hydrogen) atoms. The molecule has 2 N–H and O–H groups in total. The van der Waals surface area contributed by atoms with Crippen LogP contribution in [0.3, 0.4) is 0 Å². The topological polar surface area (TPSA) is 49.3 Å². The monoisotopic (exact) mass is 157 g/mol. The molecule has 1 saturated heterocycles. The Bertz CT molecular complexity index is 156. The summed E-state index contributed by atoms with van der Waals surface area (Å²) in [5.41, 5.74) is 0. The molecule has 2 atom stereocenters. The second-order valence-electron chi connectivity index (χ2n) is 3.50. The van der Waals surface area contributed by atoms with E-state index in [1.807, 2.05) is 13.8 Å². The van der Waals surface area contributed by atoms with Crippen molar-refractivity contribution in [2.75, 3.05) is 6.54 Å². The molecule has 1 fully saturated rings. The van der Waals surface area contributed by atoms with E-state index in [4.69, 9.17) is 0 Å². The van der Waals surface area contributed by atoms with Gasteiger partial charge in [0.25, 0.3) is 0 Å². The number of amides is 1. The third-order valence-electron chi connectivity index (χ3n) is 2.18. The lowest BCUT2D eigenvalue weighted by Crippen LogP contribution is -2.27. The van der Waals surface area contributed by atoms with Crippen molar-refractivity contribution in [1.29, 1.82) is 0 Å². The number of carbonyl (C=O) groups excluding carboxylic acids is 1. The van der Waals surface area contributed by atoms with E-state index >= 15 is 0 Å². The van der Waals surface area contributed by atoms with Gasteiger partial charge in [-0.25, -0.2) is 0 Å². The van der Waals surface area contributed by atoms with E-state index in [0.717, 1.165) is 0 Å². The van der Waals surface area contributed by atoms with Crippen LogP contribution in [0.1, 0.15) is 20.3 Å². The Morgan fingerprint density at radius 1 is 1.64 bits per heavy atom. The fourth-order valence-electron chi connectivity index (χ4n) is 1.41. The number of aliphatic hydroxyl groups excluding tert-OH is 1. The van der Waals surface area contributed by atoms with Crippen molar-refractivity contribution < 1.29 is 9.90 Å². The molecular weight excluding hydrogens is 142 g/mol. The molecule has 0 radical (unpaired) electrons. The summed E-state index contributed by atoms with van der Waals surface area (Å²) in [5.74, 6) is 0.435. The molecule has 0 saturated carbocycles. The zero-order valence-electron chi connectivity index (χ0n) is 7.00. The number of nitrogens with one attached hydrogen (secondary N) is 1. The zero-order chi connectivity index (χ0) is 8.43. The maximum absolute atomic E-state index is 10.8. The Morgan fingerprint density at radius 2 is 2.27 bits per heavy atom. The predicted molar refractivity (Wildman–Crippen MR) is 42.0 cm³/mol. The van der Waals surface area contributed by atoms with Crippen molar-refractivity contribution in [3.05, 3.63) is 0 Å². The van der Waals surface area contributed by atoms with Crippen LogP contribution in [0.2, 0.25) is 0 Å². The van der Waals surface area contributed by atoms with Crippen LogP contribution in [0, 0.1) is 11.8 Å². The van der Waals surface area contributed by atoms with Gasteiger partial charge in [-0.3, -0.25) is 4.79 Å². The highest BCUT2D eigenvalue weighted by Crippen LogP contribution is 2.19. The van der Waals surface area contributed by atoms with E-state index in [-0.39, 0.29) is 23.8 Å². The predicted octanol–water partition coefficient (Wildman–Crippen LogP) is 0.139. The highest BCUT2D eigenvalue weighted by molar-refractivity contribution is 5.78. The molecular formula is C8H15NO2. The van der Waals surface area contributed by atoms with E-state index in [0.29, 0.717) is 13.0 Å². The van der Waals surface area contributed by atoms with Crippen molar-refractivity contribution in [1.82, 2.24) is 5.32 Å². The van der Waals surface area contributed by atoms with Gasteiger partial charge in [-0.2, -0.15) is 0 Å². The molecule has 0 bridgehead atoms. The highest BCUT2D eigenvalue weighted by Gasteiger charge is 2.29. The minimum Gasteiger partial charge on any atom is -0.392 e. The minimum atomic E-state index is -0.339. The lowest BCUT2D eigenvalue weighted by Gasteiger charge is -2.19. The smallest absolute Gasteiger partial charge is 0.220 e. The average Bonchev–Trinajstić information content (AvgIpc) is 2.34. The fourth-order valence-corrected chi connectivity index (χ4v) is 1.41.